The van der Waals surface area contributed by atoms with Crippen LogP contribution >= 0.6 is 0 Å². The van der Waals surface area contributed by atoms with Crippen LogP contribution in [-0.2, 0) is 4.79 Å². The topological polar surface area (TPSA) is 20.3 Å². The Hall–Kier alpha value is -1.41. The zero-order valence-electron chi connectivity index (χ0n) is 12.0. The average Bonchev–Trinajstić information content (AvgIpc) is 2.30. The second-order valence-electron chi connectivity index (χ2n) is 5.21. The van der Waals surface area contributed by atoms with Gasteiger partial charge in [0.05, 0.1) is 0 Å². The molecule has 1 rings (SSSR count). The molecule has 0 aliphatic heterocycles. The molecule has 0 amide bonds. The standard InChI is InChI=1S/C16H23NO/c1-12-8-6-7-9-15(12)10-13(2)16(18)14(3)11-17(4)5/h6-10,14H,11H2,1-5H3. The molecule has 0 saturated heterocycles. The summed E-state index contributed by atoms with van der Waals surface area (Å²) in [6.45, 7) is 6.74. The first-order chi connectivity index (χ1) is 8.41. The van der Waals surface area contributed by atoms with Crippen molar-refractivity contribution in [2.75, 3.05) is 20.6 Å². The van der Waals surface area contributed by atoms with Crippen LogP contribution in [0.2, 0.25) is 0 Å². The van der Waals surface area contributed by atoms with Crippen LogP contribution in [0.1, 0.15) is 25.0 Å². The zero-order chi connectivity index (χ0) is 13.7. The van der Waals surface area contributed by atoms with E-state index in [0.29, 0.717) is 0 Å². The van der Waals surface area contributed by atoms with Crippen molar-refractivity contribution >= 4 is 11.9 Å². The number of Topliss-reactive ketones (excluding diaryl/α,β-unsaturated/α-hetero) is 1. The summed E-state index contributed by atoms with van der Waals surface area (Å²) in [6, 6.07) is 8.12. The lowest BCUT2D eigenvalue weighted by Crippen LogP contribution is -2.26. The van der Waals surface area contributed by atoms with E-state index < -0.39 is 0 Å². The number of hydrogen-bond donors (Lipinski definition) is 0. The number of nitrogens with zero attached hydrogens (tertiary/aromatic N) is 1. The van der Waals surface area contributed by atoms with Gasteiger partial charge in [-0.15, -0.1) is 0 Å². The van der Waals surface area contributed by atoms with E-state index in [0.717, 1.165) is 17.7 Å². The number of aryl methyl sites for hydroxylation is 1. The molecule has 0 N–H and O–H groups in total. The third-order valence-corrected chi connectivity index (χ3v) is 3.04. The number of allylic oxidation sites excluding steroid dienone is 1. The monoisotopic (exact) mass is 245 g/mol. The van der Waals surface area contributed by atoms with Gasteiger partial charge in [-0.25, -0.2) is 0 Å². The molecule has 0 aromatic heterocycles. The Morgan fingerprint density at radius 3 is 2.50 bits per heavy atom. The predicted molar refractivity (Wildman–Crippen MR) is 77.6 cm³/mol. The van der Waals surface area contributed by atoms with Crippen LogP contribution in [0.25, 0.3) is 6.08 Å². The summed E-state index contributed by atoms with van der Waals surface area (Å²) in [5.41, 5.74) is 3.16. The van der Waals surface area contributed by atoms with Gasteiger partial charge in [0.1, 0.15) is 0 Å². The van der Waals surface area contributed by atoms with Crippen LogP contribution in [0.5, 0.6) is 0 Å². The van der Waals surface area contributed by atoms with Crippen molar-refractivity contribution in [2.24, 2.45) is 5.92 Å². The first kappa shape index (κ1) is 14.7. The van der Waals surface area contributed by atoms with Crippen molar-refractivity contribution < 1.29 is 4.79 Å². The molecule has 0 fully saturated rings. The van der Waals surface area contributed by atoms with E-state index in [1.54, 1.807) is 0 Å². The molecule has 0 radical (unpaired) electrons. The molecule has 1 atom stereocenters. The van der Waals surface area contributed by atoms with E-state index in [-0.39, 0.29) is 11.7 Å². The molecule has 1 unspecified atom stereocenters. The summed E-state index contributed by atoms with van der Waals surface area (Å²) in [6.07, 6.45) is 1.99. The second-order valence-corrected chi connectivity index (χ2v) is 5.21. The first-order valence-corrected chi connectivity index (χ1v) is 6.34. The van der Waals surface area contributed by atoms with Gasteiger partial charge in [-0.2, -0.15) is 0 Å². The summed E-state index contributed by atoms with van der Waals surface area (Å²) in [7, 11) is 3.98. The molecule has 18 heavy (non-hydrogen) atoms. The third-order valence-electron chi connectivity index (χ3n) is 3.04. The van der Waals surface area contributed by atoms with Gasteiger partial charge in [0.2, 0.25) is 0 Å². The highest BCUT2D eigenvalue weighted by molar-refractivity contribution is 6.00. The number of rotatable bonds is 5. The smallest absolute Gasteiger partial charge is 0.162 e. The molecule has 0 bridgehead atoms. The van der Waals surface area contributed by atoms with Gasteiger partial charge in [-0.3, -0.25) is 4.79 Å². The fourth-order valence-corrected chi connectivity index (χ4v) is 2.07. The Balaban J connectivity index is 2.84. The minimum Gasteiger partial charge on any atom is -0.309 e. The van der Waals surface area contributed by atoms with Crippen molar-refractivity contribution in [3.05, 3.63) is 41.0 Å². The van der Waals surface area contributed by atoms with Crippen LogP contribution in [0.3, 0.4) is 0 Å². The normalized spacial score (nSPS) is 13.8. The minimum atomic E-state index is 0.0419. The maximum absolute atomic E-state index is 12.2. The van der Waals surface area contributed by atoms with Crippen molar-refractivity contribution in [1.82, 2.24) is 4.90 Å². The van der Waals surface area contributed by atoms with Crippen molar-refractivity contribution in [2.45, 2.75) is 20.8 Å². The minimum absolute atomic E-state index is 0.0419. The van der Waals surface area contributed by atoms with E-state index in [9.17, 15) is 4.79 Å². The van der Waals surface area contributed by atoms with Crippen LogP contribution in [-0.4, -0.2) is 31.3 Å². The Labute approximate surface area is 110 Å². The van der Waals surface area contributed by atoms with E-state index >= 15 is 0 Å². The highest BCUT2D eigenvalue weighted by Crippen LogP contribution is 2.15. The molecular formula is C16H23NO. The number of ketones is 1. The molecule has 2 nitrogen and oxygen atoms in total. The number of carbonyl (C=O) groups is 1. The lowest BCUT2D eigenvalue weighted by molar-refractivity contribution is -0.119. The number of benzene rings is 1. The molecule has 0 heterocycles. The number of hydrogen-bond acceptors (Lipinski definition) is 2. The highest BCUT2D eigenvalue weighted by atomic mass is 16.1. The van der Waals surface area contributed by atoms with Crippen molar-refractivity contribution in [3.8, 4) is 0 Å². The lowest BCUT2D eigenvalue weighted by Gasteiger charge is -2.16. The highest BCUT2D eigenvalue weighted by Gasteiger charge is 2.15. The average molecular weight is 245 g/mol. The quantitative estimate of drug-likeness (QED) is 0.743. The fourth-order valence-electron chi connectivity index (χ4n) is 2.07. The Morgan fingerprint density at radius 1 is 1.33 bits per heavy atom. The molecule has 0 aliphatic carbocycles. The molecule has 98 valence electrons. The van der Waals surface area contributed by atoms with E-state index in [1.165, 1.54) is 5.56 Å². The van der Waals surface area contributed by atoms with Crippen molar-refractivity contribution in [3.63, 3.8) is 0 Å². The summed E-state index contributed by atoms with van der Waals surface area (Å²) in [4.78, 5) is 14.2. The first-order valence-electron chi connectivity index (χ1n) is 6.34. The summed E-state index contributed by atoms with van der Waals surface area (Å²) in [5, 5.41) is 0. The summed E-state index contributed by atoms with van der Waals surface area (Å²) in [5.74, 6) is 0.271. The summed E-state index contributed by atoms with van der Waals surface area (Å²) >= 11 is 0. The largest absolute Gasteiger partial charge is 0.309 e. The summed E-state index contributed by atoms with van der Waals surface area (Å²) < 4.78 is 0. The Kier molecular flexibility index (Phi) is 5.29. The van der Waals surface area contributed by atoms with Crippen molar-refractivity contribution in [1.29, 1.82) is 0 Å². The maximum atomic E-state index is 12.2. The fraction of sp³-hybridized carbons (Fsp3) is 0.438. The van der Waals surface area contributed by atoms with Crippen LogP contribution < -0.4 is 0 Å². The maximum Gasteiger partial charge on any atom is 0.162 e. The molecule has 1 aromatic carbocycles. The van der Waals surface area contributed by atoms with Gasteiger partial charge >= 0.3 is 0 Å². The van der Waals surface area contributed by atoms with Gasteiger partial charge < -0.3 is 4.90 Å². The van der Waals surface area contributed by atoms with Crippen LogP contribution in [0.4, 0.5) is 0 Å². The predicted octanol–water partition coefficient (Wildman–Crippen LogP) is 3.17. The third kappa shape index (κ3) is 4.11. The van der Waals surface area contributed by atoms with Gasteiger partial charge in [-0.1, -0.05) is 31.2 Å². The second kappa shape index (κ2) is 6.50. The van der Waals surface area contributed by atoms with Crippen LogP contribution in [0, 0.1) is 12.8 Å². The van der Waals surface area contributed by atoms with E-state index in [4.69, 9.17) is 0 Å². The Bertz CT molecular complexity index is 446. The molecule has 0 saturated carbocycles. The molecule has 0 aliphatic rings. The zero-order valence-corrected chi connectivity index (χ0v) is 12.0. The van der Waals surface area contributed by atoms with Gasteiger partial charge in [0.15, 0.2) is 5.78 Å². The molecule has 2 heteroatoms. The molecular weight excluding hydrogens is 222 g/mol. The molecule has 1 aromatic rings. The van der Waals surface area contributed by atoms with Crippen LogP contribution in [0.15, 0.2) is 29.8 Å². The van der Waals surface area contributed by atoms with E-state index in [2.05, 4.69) is 13.0 Å². The Morgan fingerprint density at radius 2 is 1.94 bits per heavy atom. The SMILES string of the molecule is CC(=Cc1ccccc1C)C(=O)C(C)CN(C)C. The van der Waals surface area contributed by atoms with Gasteiger partial charge in [0.25, 0.3) is 0 Å². The van der Waals surface area contributed by atoms with E-state index in [1.807, 2.05) is 57.1 Å². The lowest BCUT2D eigenvalue weighted by atomic mass is 9.97. The number of carbonyl (C=O) groups excluding carboxylic acids is 1. The van der Waals surface area contributed by atoms with Gasteiger partial charge in [0, 0.05) is 12.5 Å². The molecule has 0 spiro atoms. The van der Waals surface area contributed by atoms with Gasteiger partial charge in [-0.05, 0) is 50.7 Å².